The zero-order chi connectivity index (χ0) is 13.5. The smallest absolute Gasteiger partial charge is 0.126 e. The SMILES string of the molecule is COc1c(C)c(C)cc(C)c1C1(C(C)N)COC1. The Morgan fingerprint density at radius 1 is 1.28 bits per heavy atom. The van der Waals surface area contributed by atoms with Crippen molar-refractivity contribution in [3.05, 3.63) is 28.3 Å². The minimum atomic E-state index is -0.0894. The summed E-state index contributed by atoms with van der Waals surface area (Å²) in [5, 5.41) is 0. The highest BCUT2D eigenvalue weighted by molar-refractivity contribution is 5.54. The van der Waals surface area contributed by atoms with Crippen molar-refractivity contribution >= 4 is 0 Å². The predicted octanol–water partition coefficient (Wildman–Crippen LogP) is 2.24. The molecule has 1 atom stereocenters. The van der Waals surface area contributed by atoms with Crippen molar-refractivity contribution in [2.45, 2.75) is 39.2 Å². The molecule has 0 saturated carbocycles. The van der Waals surface area contributed by atoms with Gasteiger partial charge < -0.3 is 15.2 Å². The molecule has 1 aromatic rings. The lowest BCUT2D eigenvalue weighted by molar-refractivity contribution is -0.0714. The Morgan fingerprint density at radius 3 is 2.28 bits per heavy atom. The van der Waals surface area contributed by atoms with Crippen LogP contribution in [0, 0.1) is 20.8 Å². The third kappa shape index (κ3) is 1.73. The largest absolute Gasteiger partial charge is 0.496 e. The lowest BCUT2D eigenvalue weighted by atomic mass is 9.70. The third-order valence-electron chi connectivity index (χ3n) is 4.28. The Labute approximate surface area is 109 Å². The highest BCUT2D eigenvalue weighted by Crippen LogP contribution is 2.44. The molecule has 1 aromatic carbocycles. The van der Waals surface area contributed by atoms with Crippen molar-refractivity contribution < 1.29 is 9.47 Å². The monoisotopic (exact) mass is 249 g/mol. The lowest BCUT2D eigenvalue weighted by Gasteiger charge is -2.46. The standard InChI is InChI=1S/C15H23NO2/c1-9-6-10(2)13(14(17-5)11(9)3)15(12(4)16)7-18-8-15/h6,12H,7-8,16H2,1-5H3. The Hall–Kier alpha value is -1.06. The molecule has 2 rings (SSSR count). The predicted molar refractivity (Wildman–Crippen MR) is 73.4 cm³/mol. The second-order valence-corrected chi connectivity index (χ2v) is 5.48. The first-order chi connectivity index (χ1) is 8.44. The number of hydrogen-bond acceptors (Lipinski definition) is 3. The molecule has 0 aliphatic carbocycles. The Bertz CT molecular complexity index is 462. The molecule has 0 amide bonds. The maximum atomic E-state index is 6.21. The van der Waals surface area contributed by atoms with Gasteiger partial charge in [-0.3, -0.25) is 0 Å². The fraction of sp³-hybridized carbons (Fsp3) is 0.600. The summed E-state index contributed by atoms with van der Waals surface area (Å²) in [5.41, 5.74) is 11.1. The summed E-state index contributed by atoms with van der Waals surface area (Å²) in [5.74, 6) is 0.980. The highest BCUT2D eigenvalue weighted by atomic mass is 16.5. The number of methoxy groups -OCH3 is 1. The van der Waals surface area contributed by atoms with Crippen LogP contribution >= 0.6 is 0 Å². The first-order valence-corrected chi connectivity index (χ1v) is 6.42. The minimum absolute atomic E-state index is 0.0564. The molecule has 0 bridgehead atoms. The van der Waals surface area contributed by atoms with E-state index in [4.69, 9.17) is 15.2 Å². The van der Waals surface area contributed by atoms with E-state index >= 15 is 0 Å². The van der Waals surface area contributed by atoms with Gasteiger partial charge in [0.2, 0.25) is 0 Å². The molecule has 0 aromatic heterocycles. The van der Waals surface area contributed by atoms with E-state index in [1.54, 1.807) is 7.11 Å². The van der Waals surface area contributed by atoms with Gasteiger partial charge in [0.05, 0.1) is 25.7 Å². The second-order valence-electron chi connectivity index (χ2n) is 5.48. The summed E-state index contributed by atoms with van der Waals surface area (Å²) in [6, 6.07) is 2.27. The topological polar surface area (TPSA) is 44.5 Å². The van der Waals surface area contributed by atoms with Crippen LogP contribution < -0.4 is 10.5 Å². The first kappa shape index (κ1) is 13.4. The Kier molecular flexibility index (Phi) is 3.39. The number of rotatable bonds is 3. The van der Waals surface area contributed by atoms with Crippen LogP contribution in [0.4, 0.5) is 0 Å². The van der Waals surface area contributed by atoms with Gasteiger partial charge in [0.15, 0.2) is 0 Å². The molecule has 1 aliphatic rings. The fourth-order valence-corrected chi connectivity index (χ4v) is 2.88. The zero-order valence-corrected chi connectivity index (χ0v) is 12.0. The molecule has 3 heteroatoms. The maximum Gasteiger partial charge on any atom is 0.126 e. The van der Waals surface area contributed by atoms with Crippen LogP contribution in [0.15, 0.2) is 6.07 Å². The number of hydrogen-bond donors (Lipinski definition) is 1. The Balaban J connectivity index is 2.66. The molecule has 1 heterocycles. The molecular formula is C15H23NO2. The van der Waals surface area contributed by atoms with Crippen molar-refractivity contribution in [1.29, 1.82) is 0 Å². The zero-order valence-electron chi connectivity index (χ0n) is 12.0. The molecule has 100 valence electrons. The number of nitrogens with two attached hydrogens (primary N) is 1. The van der Waals surface area contributed by atoms with E-state index in [1.807, 2.05) is 0 Å². The van der Waals surface area contributed by atoms with E-state index in [0.29, 0.717) is 13.2 Å². The molecule has 0 spiro atoms. The summed E-state index contributed by atoms with van der Waals surface area (Å²) >= 11 is 0. The van der Waals surface area contributed by atoms with Crippen LogP contribution in [0.25, 0.3) is 0 Å². The van der Waals surface area contributed by atoms with Gasteiger partial charge in [-0.1, -0.05) is 6.07 Å². The first-order valence-electron chi connectivity index (χ1n) is 6.42. The van der Waals surface area contributed by atoms with Crippen molar-refractivity contribution in [2.24, 2.45) is 5.73 Å². The van der Waals surface area contributed by atoms with Gasteiger partial charge >= 0.3 is 0 Å². The van der Waals surface area contributed by atoms with Gasteiger partial charge in [-0.25, -0.2) is 0 Å². The quantitative estimate of drug-likeness (QED) is 0.893. The summed E-state index contributed by atoms with van der Waals surface area (Å²) in [6.45, 7) is 9.77. The third-order valence-corrected chi connectivity index (χ3v) is 4.28. The molecular weight excluding hydrogens is 226 g/mol. The number of aryl methyl sites for hydroxylation is 2. The van der Waals surface area contributed by atoms with Gasteiger partial charge in [0, 0.05) is 11.6 Å². The van der Waals surface area contributed by atoms with Crippen molar-refractivity contribution in [3.8, 4) is 5.75 Å². The minimum Gasteiger partial charge on any atom is -0.496 e. The molecule has 1 saturated heterocycles. The normalized spacial score (nSPS) is 19.2. The molecule has 0 radical (unpaired) electrons. The van der Waals surface area contributed by atoms with Crippen LogP contribution in [-0.2, 0) is 10.2 Å². The van der Waals surface area contributed by atoms with E-state index in [9.17, 15) is 0 Å². The van der Waals surface area contributed by atoms with Crippen molar-refractivity contribution in [3.63, 3.8) is 0 Å². The Morgan fingerprint density at radius 2 is 1.89 bits per heavy atom. The number of benzene rings is 1. The summed E-state index contributed by atoms with van der Waals surface area (Å²) in [6.07, 6.45) is 0. The maximum absolute atomic E-state index is 6.21. The summed E-state index contributed by atoms with van der Waals surface area (Å²) in [4.78, 5) is 0. The van der Waals surface area contributed by atoms with Crippen molar-refractivity contribution in [1.82, 2.24) is 0 Å². The van der Waals surface area contributed by atoms with Crippen LogP contribution in [0.5, 0.6) is 5.75 Å². The highest BCUT2D eigenvalue weighted by Gasteiger charge is 2.46. The molecule has 2 N–H and O–H groups in total. The van der Waals surface area contributed by atoms with Gasteiger partial charge in [-0.15, -0.1) is 0 Å². The van der Waals surface area contributed by atoms with Crippen molar-refractivity contribution in [2.75, 3.05) is 20.3 Å². The van der Waals surface area contributed by atoms with E-state index in [0.717, 1.165) is 5.75 Å². The van der Waals surface area contributed by atoms with Crippen LogP contribution in [-0.4, -0.2) is 26.4 Å². The van der Waals surface area contributed by atoms with E-state index in [1.165, 1.54) is 22.3 Å². The summed E-state index contributed by atoms with van der Waals surface area (Å²) in [7, 11) is 1.74. The van der Waals surface area contributed by atoms with Crippen LogP contribution in [0.1, 0.15) is 29.2 Å². The molecule has 1 aliphatic heterocycles. The average Bonchev–Trinajstić information content (AvgIpc) is 2.23. The molecule has 1 fully saturated rings. The number of ether oxygens (including phenoxy) is 2. The average molecular weight is 249 g/mol. The van der Waals surface area contributed by atoms with E-state index < -0.39 is 0 Å². The van der Waals surface area contributed by atoms with Gasteiger partial charge in [-0.2, -0.15) is 0 Å². The molecule has 3 nitrogen and oxygen atoms in total. The second kappa shape index (κ2) is 4.56. The van der Waals surface area contributed by atoms with Crippen LogP contribution in [0.3, 0.4) is 0 Å². The van der Waals surface area contributed by atoms with Gasteiger partial charge in [0.25, 0.3) is 0 Å². The van der Waals surface area contributed by atoms with Gasteiger partial charge in [0.1, 0.15) is 5.75 Å². The van der Waals surface area contributed by atoms with Gasteiger partial charge in [-0.05, 0) is 44.4 Å². The summed E-state index contributed by atoms with van der Waals surface area (Å²) < 4.78 is 11.1. The van der Waals surface area contributed by atoms with E-state index in [-0.39, 0.29) is 11.5 Å². The van der Waals surface area contributed by atoms with E-state index in [2.05, 4.69) is 33.8 Å². The molecule has 1 unspecified atom stereocenters. The molecule has 18 heavy (non-hydrogen) atoms. The lowest BCUT2D eigenvalue weighted by Crippen LogP contribution is -2.58. The fourth-order valence-electron chi connectivity index (χ4n) is 2.88. The van der Waals surface area contributed by atoms with Crippen LogP contribution in [0.2, 0.25) is 0 Å².